The third-order valence-corrected chi connectivity index (χ3v) is 3.42. The quantitative estimate of drug-likeness (QED) is 0.755. The van der Waals surface area contributed by atoms with Crippen LogP contribution in [0, 0.1) is 13.8 Å². The number of urea groups is 1. The molecule has 2 aromatic heterocycles. The number of pyridine rings is 1. The Hall–Kier alpha value is -2.05. The van der Waals surface area contributed by atoms with Crippen molar-refractivity contribution in [1.82, 2.24) is 10.3 Å². The molecule has 22 heavy (non-hydrogen) atoms. The number of anilines is 1. The molecule has 0 radical (unpaired) electrons. The molecule has 0 aliphatic heterocycles. The standard InChI is InChI=1S/C15H18ClN3O3/c1-9-6-12(10(2)22-9)15(3,21)8-18-14(20)19-11-4-5-13(16)17-7-11/h4-7,21H,8H2,1-3H3,(H2,18,19,20)/t15-/m1/s1. The Balaban J connectivity index is 1.95. The topological polar surface area (TPSA) is 87.4 Å². The van der Waals surface area contributed by atoms with Crippen LogP contribution in [0.15, 0.2) is 28.8 Å². The van der Waals surface area contributed by atoms with Gasteiger partial charge in [-0.1, -0.05) is 11.6 Å². The molecule has 3 N–H and O–H groups in total. The fraction of sp³-hybridized carbons (Fsp3) is 0.333. The largest absolute Gasteiger partial charge is 0.466 e. The molecule has 118 valence electrons. The Labute approximate surface area is 133 Å². The summed E-state index contributed by atoms with van der Waals surface area (Å²) in [6.45, 7) is 5.24. The maximum absolute atomic E-state index is 11.8. The molecule has 0 saturated carbocycles. The van der Waals surface area contributed by atoms with Crippen LogP contribution < -0.4 is 10.6 Å². The number of aliphatic hydroxyl groups is 1. The molecule has 0 aliphatic carbocycles. The van der Waals surface area contributed by atoms with Gasteiger partial charge in [-0.3, -0.25) is 0 Å². The van der Waals surface area contributed by atoms with Gasteiger partial charge in [0.25, 0.3) is 0 Å². The third-order valence-electron chi connectivity index (χ3n) is 3.20. The molecule has 0 fully saturated rings. The molecule has 0 unspecified atom stereocenters. The first-order valence-electron chi connectivity index (χ1n) is 6.74. The highest BCUT2D eigenvalue weighted by molar-refractivity contribution is 6.29. The number of rotatable bonds is 4. The van der Waals surface area contributed by atoms with E-state index < -0.39 is 11.6 Å². The van der Waals surface area contributed by atoms with E-state index in [-0.39, 0.29) is 6.54 Å². The fourth-order valence-electron chi connectivity index (χ4n) is 2.14. The SMILES string of the molecule is Cc1cc([C@](C)(O)CNC(=O)Nc2ccc(Cl)nc2)c(C)o1. The highest BCUT2D eigenvalue weighted by Gasteiger charge is 2.28. The number of halogens is 1. The van der Waals surface area contributed by atoms with Gasteiger partial charge in [0.05, 0.1) is 18.4 Å². The van der Waals surface area contributed by atoms with Gasteiger partial charge in [0, 0.05) is 5.56 Å². The molecule has 1 atom stereocenters. The summed E-state index contributed by atoms with van der Waals surface area (Å²) in [6.07, 6.45) is 1.45. The zero-order valence-corrected chi connectivity index (χ0v) is 13.4. The molecule has 7 heteroatoms. The lowest BCUT2D eigenvalue weighted by atomic mass is 9.96. The van der Waals surface area contributed by atoms with Crippen LogP contribution in [-0.2, 0) is 5.60 Å². The van der Waals surface area contributed by atoms with Crippen molar-refractivity contribution in [3.8, 4) is 0 Å². The Morgan fingerprint density at radius 3 is 2.73 bits per heavy atom. The molecule has 0 aromatic carbocycles. The molecule has 0 aliphatic rings. The first-order valence-corrected chi connectivity index (χ1v) is 7.12. The van der Waals surface area contributed by atoms with Crippen LogP contribution in [0.2, 0.25) is 5.15 Å². The molecule has 0 spiro atoms. The van der Waals surface area contributed by atoms with Gasteiger partial charge in [0.15, 0.2) is 0 Å². The minimum absolute atomic E-state index is 0.0413. The monoisotopic (exact) mass is 323 g/mol. The fourth-order valence-corrected chi connectivity index (χ4v) is 2.25. The molecule has 0 saturated heterocycles. The number of amides is 2. The lowest BCUT2D eigenvalue weighted by Gasteiger charge is -2.23. The average Bonchev–Trinajstić information content (AvgIpc) is 2.79. The van der Waals surface area contributed by atoms with E-state index in [0.717, 1.165) is 0 Å². The minimum Gasteiger partial charge on any atom is -0.466 e. The zero-order valence-electron chi connectivity index (χ0n) is 12.6. The second-order valence-electron chi connectivity index (χ2n) is 5.28. The van der Waals surface area contributed by atoms with Crippen LogP contribution in [0.25, 0.3) is 0 Å². The Morgan fingerprint density at radius 1 is 1.45 bits per heavy atom. The summed E-state index contributed by atoms with van der Waals surface area (Å²) < 4.78 is 5.41. The summed E-state index contributed by atoms with van der Waals surface area (Å²) in [6, 6.07) is 4.53. The molecule has 2 amide bonds. The Kier molecular flexibility index (Phi) is 4.73. The Morgan fingerprint density at radius 2 is 2.18 bits per heavy atom. The second-order valence-corrected chi connectivity index (χ2v) is 5.67. The van der Waals surface area contributed by atoms with Crippen molar-refractivity contribution < 1.29 is 14.3 Å². The number of furan rings is 1. The predicted octanol–water partition coefficient (Wildman–Crippen LogP) is 2.97. The number of nitrogens with one attached hydrogen (secondary N) is 2. The number of aryl methyl sites for hydroxylation is 2. The van der Waals surface area contributed by atoms with Crippen molar-refractivity contribution in [1.29, 1.82) is 0 Å². The summed E-state index contributed by atoms with van der Waals surface area (Å²) in [4.78, 5) is 15.7. The summed E-state index contributed by atoms with van der Waals surface area (Å²) in [7, 11) is 0. The first kappa shape index (κ1) is 16.3. The van der Waals surface area contributed by atoms with Gasteiger partial charge in [0.1, 0.15) is 22.3 Å². The van der Waals surface area contributed by atoms with Crippen LogP contribution in [0.3, 0.4) is 0 Å². The zero-order chi connectivity index (χ0) is 16.3. The lowest BCUT2D eigenvalue weighted by Crippen LogP contribution is -2.40. The van der Waals surface area contributed by atoms with Crippen molar-refractivity contribution in [2.24, 2.45) is 0 Å². The van der Waals surface area contributed by atoms with Crippen LogP contribution in [0.5, 0.6) is 0 Å². The highest BCUT2D eigenvalue weighted by atomic mass is 35.5. The summed E-state index contributed by atoms with van der Waals surface area (Å²) >= 11 is 5.67. The van der Waals surface area contributed by atoms with Gasteiger partial charge in [0.2, 0.25) is 0 Å². The molecular weight excluding hydrogens is 306 g/mol. The van der Waals surface area contributed by atoms with E-state index in [2.05, 4.69) is 15.6 Å². The summed E-state index contributed by atoms with van der Waals surface area (Å²) in [5, 5.41) is 16.1. The van der Waals surface area contributed by atoms with Crippen molar-refractivity contribution >= 4 is 23.3 Å². The smallest absolute Gasteiger partial charge is 0.319 e. The summed E-state index contributed by atoms with van der Waals surface area (Å²) in [5.41, 5.74) is -0.0624. The van der Waals surface area contributed by atoms with E-state index in [1.165, 1.54) is 6.20 Å². The molecule has 2 heterocycles. The molecule has 6 nitrogen and oxygen atoms in total. The van der Waals surface area contributed by atoms with Crippen LogP contribution >= 0.6 is 11.6 Å². The highest BCUT2D eigenvalue weighted by Crippen LogP contribution is 2.26. The molecule has 2 aromatic rings. The van der Waals surface area contributed by atoms with E-state index >= 15 is 0 Å². The number of carbonyl (C=O) groups is 1. The maximum atomic E-state index is 11.8. The summed E-state index contributed by atoms with van der Waals surface area (Å²) in [5.74, 6) is 1.34. The molecule has 2 rings (SSSR count). The maximum Gasteiger partial charge on any atom is 0.319 e. The van der Waals surface area contributed by atoms with Crippen molar-refractivity contribution in [3.05, 3.63) is 46.6 Å². The van der Waals surface area contributed by atoms with Gasteiger partial charge in [-0.15, -0.1) is 0 Å². The minimum atomic E-state index is -1.22. The molecule has 0 bridgehead atoms. The Bertz CT molecular complexity index is 665. The van der Waals surface area contributed by atoms with Gasteiger partial charge in [-0.05, 0) is 39.0 Å². The number of hydrogen-bond donors (Lipinski definition) is 3. The van der Waals surface area contributed by atoms with Crippen molar-refractivity contribution in [2.45, 2.75) is 26.4 Å². The van der Waals surface area contributed by atoms with Gasteiger partial charge < -0.3 is 20.2 Å². The number of carbonyl (C=O) groups excluding carboxylic acids is 1. The van der Waals surface area contributed by atoms with Crippen LogP contribution in [0.4, 0.5) is 10.5 Å². The molecular formula is C15H18ClN3O3. The third kappa shape index (κ3) is 3.99. The predicted molar refractivity (Wildman–Crippen MR) is 84.0 cm³/mol. The van der Waals surface area contributed by atoms with Gasteiger partial charge in [-0.2, -0.15) is 0 Å². The van der Waals surface area contributed by atoms with E-state index in [1.807, 2.05) is 0 Å². The van der Waals surface area contributed by atoms with Crippen molar-refractivity contribution in [3.63, 3.8) is 0 Å². The number of hydrogen-bond acceptors (Lipinski definition) is 4. The normalized spacial score (nSPS) is 13.5. The average molecular weight is 324 g/mol. The van der Waals surface area contributed by atoms with Crippen molar-refractivity contribution in [2.75, 3.05) is 11.9 Å². The van der Waals surface area contributed by atoms with Gasteiger partial charge in [-0.25, -0.2) is 9.78 Å². The number of nitrogens with zero attached hydrogens (tertiary/aromatic N) is 1. The van der Waals surface area contributed by atoms with E-state index in [0.29, 0.717) is 27.9 Å². The van der Waals surface area contributed by atoms with Gasteiger partial charge >= 0.3 is 6.03 Å². The van der Waals surface area contributed by atoms with E-state index in [4.69, 9.17) is 16.0 Å². The second kappa shape index (κ2) is 6.37. The number of aromatic nitrogens is 1. The van der Waals surface area contributed by atoms with E-state index in [9.17, 15) is 9.90 Å². The van der Waals surface area contributed by atoms with Crippen LogP contribution in [0.1, 0.15) is 24.0 Å². The van der Waals surface area contributed by atoms with Crippen LogP contribution in [-0.4, -0.2) is 22.7 Å². The lowest BCUT2D eigenvalue weighted by molar-refractivity contribution is 0.0584. The first-order chi connectivity index (χ1) is 10.3. The van der Waals surface area contributed by atoms with E-state index in [1.54, 1.807) is 39.0 Å².